The van der Waals surface area contributed by atoms with E-state index in [-0.39, 0.29) is 17.1 Å². The van der Waals surface area contributed by atoms with Gasteiger partial charge in [0.05, 0.1) is 18.8 Å². The fraction of sp³-hybridized carbons (Fsp3) is 0.583. The minimum atomic E-state index is 0.0465. The Kier molecular flexibility index (Phi) is 3.60. The van der Waals surface area contributed by atoms with Crippen LogP contribution in [0, 0.1) is 5.92 Å². The monoisotopic (exact) mass is 301 g/mol. The summed E-state index contributed by atoms with van der Waals surface area (Å²) < 4.78 is 5.28. The molecule has 0 aliphatic carbocycles. The smallest absolute Gasteiger partial charge is 0.226 e. The van der Waals surface area contributed by atoms with Gasteiger partial charge in [0, 0.05) is 24.7 Å². The summed E-state index contributed by atoms with van der Waals surface area (Å²) in [7, 11) is 0. The average molecular weight is 302 g/mol. The summed E-state index contributed by atoms with van der Waals surface area (Å²) in [6.45, 7) is 2.25. The molecular weight excluding hydrogens is 289 g/mol. The first-order valence-electron chi connectivity index (χ1n) is 6.22. The predicted molar refractivity (Wildman–Crippen MR) is 69.8 cm³/mol. The molecule has 0 N–H and O–H groups in total. The first-order valence-corrected chi connectivity index (χ1v) is 6.98. The zero-order chi connectivity index (χ0) is 13.4. The van der Waals surface area contributed by atoms with Crippen molar-refractivity contribution in [3.63, 3.8) is 0 Å². The predicted octanol–water partition coefficient (Wildman–Crippen LogP) is 2.05. The molecule has 102 valence electrons. The van der Waals surface area contributed by atoms with Crippen molar-refractivity contribution in [3.05, 3.63) is 21.7 Å². The van der Waals surface area contributed by atoms with Gasteiger partial charge in [-0.3, -0.25) is 4.79 Å². The van der Waals surface area contributed by atoms with Gasteiger partial charge in [0.25, 0.3) is 0 Å². The quantitative estimate of drug-likeness (QED) is 0.588. The molecule has 0 aromatic carbocycles. The second-order valence-electron chi connectivity index (χ2n) is 4.79. The fourth-order valence-corrected chi connectivity index (χ4v) is 3.02. The molecule has 5 nitrogen and oxygen atoms in total. The number of fused-ring (bicyclic) bond motifs is 1. The highest BCUT2D eigenvalue weighted by molar-refractivity contribution is 6.32. The molecule has 1 fully saturated rings. The zero-order valence-corrected chi connectivity index (χ0v) is 11.7. The van der Waals surface area contributed by atoms with E-state index in [1.807, 2.05) is 0 Å². The first kappa shape index (κ1) is 13.1. The van der Waals surface area contributed by atoms with Gasteiger partial charge in [0.1, 0.15) is 5.15 Å². The molecule has 19 heavy (non-hydrogen) atoms. The van der Waals surface area contributed by atoms with Crippen molar-refractivity contribution >= 4 is 29.1 Å². The molecule has 3 heterocycles. The lowest BCUT2D eigenvalue weighted by molar-refractivity contribution is -0.139. The average Bonchev–Trinajstić information content (AvgIpc) is 2.83. The molecule has 0 bridgehead atoms. The highest BCUT2D eigenvalue weighted by Crippen LogP contribution is 2.30. The molecule has 0 atom stereocenters. The number of carbonyl (C=O) groups excluding carboxylic acids is 1. The molecule has 2 aliphatic heterocycles. The minimum Gasteiger partial charge on any atom is -0.381 e. The summed E-state index contributed by atoms with van der Waals surface area (Å²) in [6.07, 6.45) is 1.57. The van der Waals surface area contributed by atoms with E-state index in [9.17, 15) is 4.79 Å². The molecule has 0 radical (unpaired) electrons. The van der Waals surface area contributed by atoms with Crippen LogP contribution in [0.5, 0.6) is 0 Å². The zero-order valence-electron chi connectivity index (χ0n) is 10.2. The summed E-state index contributed by atoms with van der Waals surface area (Å²) in [5, 5.41) is 0.474. The normalized spacial score (nSPS) is 19.6. The van der Waals surface area contributed by atoms with E-state index in [4.69, 9.17) is 27.9 Å². The number of halogens is 2. The van der Waals surface area contributed by atoms with E-state index >= 15 is 0 Å². The van der Waals surface area contributed by atoms with Gasteiger partial charge in [0.2, 0.25) is 11.2 Å². The summed E-state index contributed by atoms with van der Waals surface area (Å²) in [4.78, 5) is 22.2. The van der Waals surface area contributed by atoms with Crippen LogP contribution >= 0.6 is 23.2 Å². The lowest BCUT2D eigenvalue weighted by atomic mass is 9.99. The number of hydrogen-bond acceptors (Lipinski definition) is 4. The Morgan fingerprint density at radius 3 is 2.68 bits per heavy atom. The number of amides is 1. The molecule has 1 saturated heterocycles. The van der Waals surface area contributed by atoms with Gasteiger partial charge < -0.3 is 9.64 Å². The van der Waals surface area contributed by atoms with Gasteiger partial charge in [-0.1, -0.05) is 11.6 Å². The van der Waals surface area contributed by atoms with Crippen LogP contribution in [-0.4, -0.2) is 34.0 Å². The molecule has 0 spiro atoms. The molecular formula is C12H13Cl2N3O2. The third kappa shape index (κ3) is 2.55. The van der Waals surface area contributed by atoms with Crippen LogP contribution in [0.25, 0.3) is 0 Å². The Bertz CT molecular complexity index is 518. The van der Waals surface area contributed by atoms with E-state index < -0.39 is 0 Å². The van der Waals surface area contributed by atoms with Gasteiger partial charge in [0.15, 0.2) is 0 Å². The molecule has 3 rings (SSSR count). The maximum atomic E-state index is 12.4. The van der Waals surface area contributed by atoms with Crippen molar-refractivity contribution in [2.75, 3.05) is 13.2 Å². The van der Waals surface area contributed by atoms with Crippen molar-refractivity contribution in [3.8, 4) is 0 Å². The van der Waals surface area contributed by atoms with Crippen LogP contribution < -0.4 is 0 Å². The number of rotatable bonds is 1. The van der Waals surface area contributed by atoms with E-state index in [1.54, 1.807) is 4.90 Å². The second-order valence-corrected chi connectivity index (χ2v) is 5.49. The second kappa shape index (κ2) is 5.23. The van der Waals surface area contributed by atoms with Crippen molar-refractivity contribution in [1.82, 2.24) is 14.9 Å². The van der Waals surface area contributed by atoms with Gasteiger partial charge in [-0.05, 0) is 24.4 Å². The molecule has 0 unspecified atom stereocenters. The Balaban J connectivity index is 1.76. The summed E-state index contributed by atoms with van der Waals surface area (Å²) in [6, 6.07) is 0. The fourth-order valence-electron chi connectivity index (χ4n) is 2.54. The highest BCUT2D eigenvalue weighted by Gasteiger charge is 2.32. The standard InChI is InChI=1S/C12H13Cl2N3O2/c13-10-8-5-17(6-9(8)15-12(14)16-10)11(18)7-1-3-19-4-2-7/h7H,1-6H2. The van der Waals surface area contributed by atoms with E-state index in [0.29, 0.717) is 31.5 Å². The molecule has 1 aromatic rings. The summed E-state index contributed by atoms with van der Waals surface area (Å²) >= 11 is 11.8. The van der Waals surface area contributed by atoms with Gasteiger partial charge in [-0.15, -0.1) is 0 Å². The van der Waals surface area contributed by atoms with Crippen LogP contribution in [0.4, 0.5) is 0 Å². The van der Waals surface area contributed by atoms with Gasteiger partial charge in [-0.25, -0.2) is 9.97 Å². The van der Waals surface area contributed by atoms with Crippen molar-refractivity contribution in [2.24, 2.45) is 5.92 Å². The lowest BCUT2D eigenvalue weighted by Crippen LogP contribution is -2.35. The Morgan fingerprint density at radius 2 is 1.95 bits per heavy atom. The third-order valence-electron chi connectivity index (χ3n) is 3.59. The molecule has 1 aromatic heterocycles. The van der Waals surface area contributed by atoms with E-state index in [0.717, 1.165) is 24.1 Å². The first-order chi connectivity index (χ1) is 9.15. The van der Waals surface area contributed by atoms with Crippen LogP contribution in [0.3, 0.4) is 0 Å². The SMILES string of the molecule is O=C(C1CCOCC1)N1Cc2nc(Cl)nc(Cl)c2C1. The maximum absolute atomic E-state index is 12.4. The summed E-state index contributed by atoms with van der Waals surface area (Å²) in [5.41, 5.74) is 1.57. The van der Waals surface area contributed by atoms with Gasteiger partial charge in [-0.2, -0.15) is 0 Å². The maximum Gasteiger partial charge on any atom is 0.226 e. The third-order valence-corrected chi connectivity index (χ3v) is 4.07. The molecule has 2 aliphatic rings. The Labute approximate surface area is 120 Å². The minimum absolute atomic E-state index is 0.0465. The number of ether oxygens (including phenoxy) is 1. The Morgan fingerprint density at radius 1 is 1.21 bits per heavy atom. The van der Waals surface area contributed by atoms with Crippen molar-refractivity contribution < 1.29 is 9.53 Å². The number of carbonyl (C=O) groups is 1. The molecule has 1 amide bonds. The van der Waals surface area contributed by atoms with Crippen LogP contribution in [0.1, 0.15) is 24.1 Å². The van der Waals surface area contributed by atoms with Gasteiger partial charge >= 0.3 is 0 Å². The van der Waals surface area contributed by atoms with Crippen LogP contribution in [0.15, 0.2) is 0 Å². The van der Waals surface area contributed by atoms with Crippen LogP contribution in [0.2, 0.25) is 10.4 Å². The van der Waals surface area contributed by atoms with Crippen molar-refractivity contribution in [2.45, 2.75) is 25.9 Å². The topological polar surface area (TPSA) is 55.3 Å². The lowest BCUT2D eigenvalue weighted by Gasteiger charge is -2.25. The largest absolute Gasteiger partial charge is 0.381 e. The number of hydrogen-bond donors (Lipinski definition) is 0. The number of aromatic nitrogens is 2. The van der Waals surface area contributed by atoms with Crippen LogP contribution in [-0.2, 0) is 22.6 Å². The molecule has 7 heteroatoms. The van der Waals surface area contributed by atoms with Crippen molar-refractivity contribution in [1.29, 1.82) is 0 Å². The van der Waals surface area contributed by atoms with E-state index in [2.05, 4.69) is 9.97 Å². The summed E-state index contributed by atoms with van der Waals surface area (Å²) in [5.74, 6) is 0.193. The Hall–Kier alpha value is -0.910. The number of nitrogens with zero attached hydrogens (tertiary/aromatic N) is 3. The molecule has 0 saturated carbocycles. The highest BCUT2D eigenvalue weighted by atomic mass is 35.5. The van der Waals surface area contributed by atoms with E-state index in [1.165, 1.54) is 0 Å².